The molecule has 0 amide bonds. The molecule has 1 spiro atoms. The molecule has 6 fully saturated rings. The van der Waals surface area contributed by atoms with Gasteiger partial charge in [-0.3, -0.25) is 9.69 Å². The van der Waals surface area contributed by atoms with Crippen LogP contribution < -0.4 is 0 Å². The Bertz CT molecular complexity index is 838. The molecule has 6 aliphatic rings. The highest BCUT2D eigenvalue weighted by atomic mass is 16.6. The molecule has 13 atom stereocenters. The van der Waals surface area contributed by atoms with Crippen LogP contribution in [0.25, 0.3) is 0 Å². The molecule has 33 heavy (non-hydrogen) atoms. The van der Waals surface area contributed by atoms with Crippen LogP contribution in [0.5, 0.6) is 0 Å². The fraction of sp³-hybridized carbons (Fsp3) is 0.962. The van der Waals surface area contributed by atoms with Gasteiger partial charge in [0.15, 0.2) is 0 Å². The Balaban J connectivity index is 1.65. The van der Waals surface area contributed by atoms with E-state index in [1.54, 1.807) is 14.2 Å². The smallest absolute Gasteiger partial charge is 0.302 e. The van der Waals surface area contributed by atoms with Gasteiger partial charge in [-0.2, -0.15) is 0 Å². The molecule has 186 valence electrons. The number of rotatable bonds is 5. The van der Waals surface area contributed by atoms with Crippen molar-refractivity contribution in [1.82, 2.24) is 4.90 Å². The molecule has 1 aliphatic heterocycles. The van der Waals surface area contributed by atoms with Gasteiger partial charge in [-0.25, -0.2) is 0 Å². The minimum atomic E-state index is -0.581. The van der Waals surface area contributed by atoms with Gasteiger partial charge in [0.1, 0.15) is 6.10 Å². The highest BCUT2D eigenvalue weighted by Crippen LogP contribution is 2.79. The molecular weight excluding hydrogens is 422 g/mol. The van der Waals surface area contributed by atoms with Crippen molar-refractivity contribution in [2.45, 2.75) is 82.5 Å². The molecule has 5 saturated carbocycles. The summed E-state index contributed by atoms with van der Waals surface area (Å²) in [5, 5.41) is 11.7. The fourth-order valence-electron chi connectivity index (χ4n) is 11.1. The number of ether oxygens (including phenoxy) is 4. The molecule has 0 radical (unpaired) electrons. The molecule has 1 heterocycles. The Labute approximate surface area is 197 Å². The summed E-state index contributed by atoms with van der Waals surface area (Å²) in [6.07, 6.45) is 3.09. The molecule has 7 heteroatoms. The molecule has 6 rings (SSSR count). The largest absolute Gasteiger partial charge is 0.462 e. The highest BCUT2D eigenvalue weighted by molar-refractivity contribution is 5.66. The minimum Gasteiger partial charge on any atom is -0.462 e. The summed E-state index contributed by atoms with van der Waals surface area (Å²) in [6, 6.07) is 0.206. The number of carbonyl (C=O) groups excluding carboxylic acids is 1. The zero-order valence-corrected chi connectivity index (χ0v) is 21.0. The van der Waals surface area contributed by atoms with E-state index in [9.17, 15) is 9.90 Å². The third-order valence-corrected chi connectivity index (χ3v) is 11.5. The second-order valence-corrected chi connectivity index (χ2v) is 12.2. The Morgan fingerprint density at radius 1 is 1.18 bits per heavy atom. The van der Waals surface area contributed by atoms with Crippen LogP contribution in [-0.4, -0.2) is 86.5 Å². The quantitative estimate of drug-likeness (QED) is 0.626. The van der Waals surface area contributed by atoms with Gasteiger partial charge in [0.05, 0.1) is 23.9 Å². The Hall–Kier alpha value is -0.730. The number of fused-ring (bicyclic) bond motifs is 2. The molecule has 1 N–H and O–H groups in total. The van der Waals surface area contributed by atoms with Crippen LogP contribution in [-0.2, 0) is 23.7 Å². The van der Waals surface area contributed by atoms with E-state index >= 15 is 0 Å². The fourth-order valence-corrected chi connectivity index (χ4v) is 11.1. The average Bonchev–Trinajstić information content (AvgIpc) is 3.17. The molecule has 0 aromatic carbocycles. The summed E-state index contributed by atoms with van der Waals surface area (Å²) in [6.45, 7) is 8.17. The van der Waals surface area contributed by atoms with Gasteiger partial charge in [0.25, 0.3) is 0 Å². The maximum atomic E-state index is 12.5. The molecule has 7 nitrogen and oxygen atoms in total. The van der Waals surface area contributed by atoms with Crippen LogP contribution in [0.1, 0.15) is 46.5 Å². The van der Waals surface area contributed by atoms with E-state index in [-0.39, 0.29) is 70.7 Å². The van der Waals surface area contributed by atoms with Gasteiger partial charge < -0.3 is 24.1 Å². The summed E-state index contributed by atoms with van der Waals surface area (Å²) in [5.41, 5.74) is -0.707. The third kappa shape index (κ3) is 2.37. The van der Waals surface area contributed by atoms with E-state index in [1.807, 2.05) is 7.11 Å². The van der Waals surface area contributed by atoms with Crippen LogP contribution in [0.3, 0.4) is 0 Å². The SMILES string of the molecule is CCN1C[C@]2(C)CCC(OC)C34[C@@H]5C[C@H]6C(O)[C@@H]5C(OC)(C[C@@H]6OC)C(C(OC(C)=O)[C@@H]32)[C@@H]14. The van der Waals surface area contributed by atoms with Crippen molar-refractivity contribution in [3.05, 3.63) is 0 Å². The first kappa shape index (κ1) is 22.7. The van der Waals surface area contributed by atoms with Crippen LogP contribution in [0.15, 0.2) is 0 Å². The second kappa shape index (κ2) is 7.16. The zero-order chi connectivity index (χ0) is 23.5. The van der Waals surface area contributed by atoms with Crippen LogP contribution >= 0.6 is 0 Å². The average molecular weight is 464 g/mol. The number of hydrogen-bond acceptors (Lipinski definition) is 7. The van der Waals surface area contributed by atoms with Crippen molar-refractivity contribution in [2.75, 3.05) is 34.4 Å². The number of methoxy groups -OCH3 is 3. The monoisotopic (exact) mass is 463 g/mol. The van der Waals surface area contributed by atoms with Crippen molar-refractivity contribution in [3.63, 3.8) is 0 Å². The van der Waals surface area contributed by atoms with Crippen LogP contribution in [0.4, 0.5) is 0 Å². The number of likely N-dealkylation sites (tertiary alicyclic amines) is 1. The number of carbonyl (C=O) groups is 1. The summed E-state index contributed by atoms with van der Waals surface area (Å²) < 4.78 is 25.3. The maximum Gasteiger partial charge on any atom is 0.302 e. The van der Waals surface area contributed by atoms with Crippen molar-refractivity contribution >= 4 is 5.97 Å². The van der Waals surface area contributed by atoms with Crippen molar-refractivity contribution in [3.8, 4) is 0 Å². The summed E-state index contributed by atoms with van der Waals surface area (Å²) in [4.78, 5) is 15.2. The van der Waals surface area contributed by atoms with Crippen LogP contribution in [0.2, 0.25) is 0 Å². The first-order valence-corrected chi connectivity index (χ1v) is 12.9. The lowest BCUT2D eigenvalue weighted by atomic mass is 9.43. The number of hydrogen-bond donors (Lipinski definition) is 1. The van der Waals surface area contributed by atoms with Gasteiger partial charge in [0.2, 0.25) is 0 Å². The minimum absolute atomic E-state index is 0.0125. The van der Waals surface area contributed by atoms with Gasteiger partial charge in [-0.15, -0.1) is 0 Å². The molecule has 0 aromatic rings. The lowest BCUT2D eigenvalue weighted by molar-refractivity contribution is -0.276. The lowest BCUT2D eigenvalue weighted by Crippen LogP contribution is -2.76. The van der Waals surface area contributed by atoms with E-state index in [0.717, 1.165) is 38.8 Å². The van der Waals surface area contributed by atoms with E-state index in [4.69, 9.17) is 18.9 Å². The Kier molecular flexibility index (Phi) is 4.93. The standard InChI is InChI=1S/C26H41NO6/c1-7-27-12-24(3)9-8-17(31-5)26-15-10-14-16(30-4)11-25(32-6,18(15)20(14)29)19(23(26)27)21(22(24)26)33-13(2)28/h14-23,29H,7-12H2,1-6H3/t14-,15-,16+,17?,18-,19?,20?,21?,22-,23-,24+,25?,26?/m1/s1. The highest BCUT2D eigenvalue weighted by Gasteiger charge is 2.86. The normalized spacial score (nSPS) is 58.4. The van der Waals surface area contributed by atoms with E-state index in [1.165, 1.54) is 6.92 Å². The van der Waals surface area contributed by atoms with E-state index in [2.05, 4.69) is 18.7 Å². The first-order valence-electron chi connectivity index (χ1n) is 12.9. The number of aliphatic hydroxyl groups excluding tert-OH is 1. The van der Waals surface area contributed by atoms with Crippen molar-refractivity contribution in [2.24, 2.45) is 40.4 Å². The maximum absolute atomic E-state index is 12.5. The van der Waals surface area contributed by atoms with Gasteiger partial charge in [0, 0.05) is 76.3 Å². The molecule has 7 bridgehead atoms. The van der Waals surface area contributed by atoms with Gasteiger partial charge in [-0.1, -0.05) is 13.8 Å². The lowest BCUT2D eigenvalue weighted by Gasteiger charge is -2.69. The molecule has 1 saturated heterocycles. The summed E-state index contributed by atoms with van der Waals surface area (Å²) in [5.74, 6) is 0.364. The van der Waals surface area contributed by atoms with E-state index < -0.39 is 11.7 Å². The van der Waals surface area contributed by atoms with Crippen LogP contribution in [0, 0.1) is 40.4 Å². The van der Waals surface area contributed by atoms with E-state index in [0.29, 0.717) is 0 Å². The number of piperidine rings is 1. The predicted molar refractivity (Wildman–Crippen MR) is 120 cm³/mol. The molecule has 5 aliphatic carbocycles. The summed E-state index contributed by atoms with van der Waals surface area (Å²) in [7, 11) is 5.42. The number of aliphatic hydroxyl groups is 1. The zero-order valence-electron chi connectivity index (χ0n) is 21.0. The second-order valence-electron chi connectivity index (χ2n) is 12.2. The predicted octanol–water partition coefficient (Wildman–Crippen LogP) is 2.10. The molecule has 6 unspecified atom stereocenters. The Morgan fingerprint density at radius 3 is 2.55 bits per heavy atom. The molecule has 0 aromatic heterocycles. The summed E-state index contributed by atoms with van der Waals surface area (Å²) >= 11 is 0. The van der Waals surface area contributed by atoms with Crippen molar-refractivity contribution in [1.29, 1.82) is 0 Å². The van der Waals surface area contributed by atoms with Gasteiger partial charge in [-0.05, 0) is 37.1 Å². The van der Waals surface area contributed by atoms with Crippen molar-refractivity contribution < 1.29 is 28.8 Å². The topological polar surface area (TPSA) is 77.5 Å². The first-order chi connectivity index (χ1) is 15.7. The molecular formula is C26H41NO6. The third-order valence-electron chi connectivity index (χ3n) is 11.5. The number of nitrogens with zero attached hydrogens (tertiary/aromatic N) is 1. The van der Waals surface area contributed by atoms with Gasteiger partial charge >= 0.3 is 5.97 Å². The number of esters is 1. The Morgan fingerprint density at radius 2 is 1.94 bits per heavy atom.